The molecular formula is C22H17Cl2FN2O3. The fourth-order valence-electron chi connectivity index (χ4n) is 2.54. The fourth-order valence-corrected chi connectivity index (χ4v) is 2.88. The molecule has 0 bridgehead atoms. The average Bonchev–Trinajstić information content (AvgIpc) is 2.74. The lowest BCUT2D eigenvalue weighted by molar-refractivity contribution is 0.0955. The van der Waals surface area contributed by atoms with E-state index < -0.39 is 5.82 Å². The summed E-state index contributed by atoms with van der Waals surface area (Å²) in [5, 5.41) is 4.77. The number of benzene rings is 3. The normalized spacial score (nSPS) is 10.8. The summed E-state index contributed by atoms with van der Waals surface area (Å²) in [4.78, 5) is 12.0. The number of ether oxygens (including phenoxy) is 2. The van der Waals surface area contributed by atoms with Crippen molar-refractivity contribution in [1.29, 1.82) is 0 Å². The first-order valence-corrected chi connectivity index (χ1v) is 9.56. The lowest BCUT2D eigenvalue weighted by Crippen LogP contribution is -2.17. The summed E-state index contributed by atoms with van der Waals surface area (Å²) in [7, 11) is 1.49. The van der Waals surface area contributed by atoms with Gasteiger partial charge in [0.15, 0.2) is 11.5 Å². The summed E-state index contributed by atoms with van der Waals surface area (Å²) in [5.74, 6) is 0.0351. The Hall–Kier alpha value is -3.09. The third-order valence-corrected chi connectivity index (χ3v) is 4.71. The number of hydrogen-bond acceptors (Lipinski definition) is 4. The van der Waals surface area contributed by atoms with Crippen LogP contribution in [0.5, 0.6) is 11.5 Å². The predicted octanol–water partition coefficient (Wildman–Crippen LogP) is 5.48. The van der Waals surface area contributed by atoms with Crippen LogP contribution in [0, 0.1) is 5.82 Å². The zero-order valence-electron chi connectivity index (χ0n) is 15.9. The van der Waals surface area contributed by atoms with Crippen LogP contribution in [0.1, 0.15) is 21.5 Å². The highest BCUT2D eigenvalue weighted by atomic mass is 35.5. The van der Waals surface area contributed by atoms with Gasteiger partial charge >= 0.3 is 0 Å². The molecule has 1 N–H and O–H groups in total. The van der Waals surface area contributed by atoms with E-state index in [2.05, 4.69) is 10.5 Å². The van der Waals surface area contributed by atoms with E-state index in [1.165, 1.54) is 25.5 Å². The number of hydrogen-bond donors (Lipinski definition) is 1. The molecule has 3 aromatic carbocycles. The van der Waals surface area contributed by atoms with Crippen molar-refractivity contribution in [2.45, 2.75) is 6.61 Å². The summed E-state index contributed by atoms with van der Waals surface area (Å²) in [5.41, 5.74) is 3.80. The molecule has 0 aromatic heterocycles. The number of carbonyl (C=O) groups is 1. The van der Waals surface area contributed by atoms with Crippen LogP contribution in [-0.2, 0) is 6.61 Å². The molecule has 0 aliphatic carbocycles. The van der Waals surface area contributed by atoms with E-state index in [0.29, 0.717) is 27.6 Å². The van der Waals surface area contributed by atoms with E-state index in [1.54, 1.807) is 48.5 Å². The van der Waals surface area contributed by atoms with Gasteiger partial charge in [-0.05, 0) is 60.2 Å². The highest BCUT2D eigenvalue weighted by Crippen LogP contribution is 2.29. The Bertz CT molecular complexity index is 1050. The van der Waals surface area contributed by atoms with Gasteiger partial charge in [-0.25, -0.2) is 9.82 Å². The van der Waals surface area contributed by atoms with E-state index in [1.807, 2.05) is 0 Å². The molecule has 0 radical (unpaired) electrons. The molecule has 0 saturated heterocycles. The van der Waals surface area contributed by atoms with Crippen molar-refractivity contribution >= 4 is 35.3 Å². The van der Waals surface area contributed by atoms with E-state index in [9.17, 15) is 9.18 Å². The molecule has 0 saturated carbocycles. The van der Waals surface area contributed by atoms with E-state index in [0.717, 1.165) is 0 Å². The van der Waals surface area contributed by atoms with Crippen LogP contribution in [0.3, 0.4) is 0 Å². The molecule has 0 aliphatic heterocycles. The van der Waals surface area contributed by atoms with E-state index >= 15 is 0 Å². The van der Waals surface area contributed by atoms with Gasteiger partial charge in [0.1, 0.15) is 12.4 Å². The lowest BCUT2D eigenvalue weighted by Gasteiger charge is -2.12. The average molecular weight is 447 g/mol. The number of rotatable bonds is 7. The van der Waals surface area contributed by atoms with Crippen LogP contribution in [0.15, 0.2) is 65.8 Å². The van der Waals surface area contributed by atoms with Gasteiger partial charge in [0.05, 0.1) is 18.3 Å². The van der Waals surface area contributed by atoms with Crippen molar-refractivity contribution in [2.75, 3.05) is 7.11 Å². The molecule has 5 nitrogen and oxygen atoms in total. The molecule has 154 valence electrons. The molecule has 0 heterocycles. The first kappa shape index (κ1) is 21.6. The maximum absolute atomic E-state index is 13.9. The summed E-state index contributed by atoms with van der Waals surface area (Å²) in [6.07, 6.45) is 1.47. The van der Waals surface area contributed by atoms with Gasteiger partial charge < -0.3 is 9.47 Å². The molecule has 0 unspecified atom stereocenters. The van der Waals surface area contributed by atoms with Crippen LogP contribution in [0.2, 0.25) is 10.0 Å². The summed E-state index contributed by atoms with van der Waals surface area (Å²) >= 11 is 11.8. The van der Waals surface area contributed by atoms with Crippen LogP contribution in [-0.4, -0.2) is 19.2 Å². The minimum atomic E-state index is -0.443. The zero-order chi connectivity index (χ0) is 21.5. The molecule has 30 heavy (non-hydrogen) atoms. The Labute approximate surface area is 183 Å². The second kappa shape index (κ2) is 10.1. The number of halogens is 3. The van der Waals surface area contributed by atoms with Gasteiger partial charge in [0, 0.05) is 16.1 Å². The first-order chi connectivity index (χ1) is 14.5. The molecule has 3 rings (SSSR count). The smallest absolute Gasteiger partial charge is 0.271 e. The summed E-state index contributed by atoms with van der Waals surface area (Å²) in [6.45, 7) is -0.0492. The molecule has 0 atom stereocenters. The van der Waals surface area contributed by atoms with Crippen molar-refractivity contribution in [3.8, 4) is 11.5 Å². The SMILES string of the molecule is COc1cc(/C=N/NC(=O)c2ccc(Cl)cc2)ccc1OCc1c(F)cccc1Cl. The number of nitrogens with one attached hydrogen (secondary N) is 1. The lowest BCUT2D eigenvalue weighted by atomic mass is 10.2. The number of amides is 1. The third-order valence-electron chi connectivity index (χ3n) is 4.11. The Balaban J connectivity index is 1.65. The highest BCUT2D eigenvalue weighted by Gasteiger charge is 2.11. The second-order valence-corrected chi connectivity index (χ2v) is 6.95. The Morgan fingerprint density at radius 3 is 2.57 bits per heavy atom. The Morgan fingerprint density at radius 2 is 1.87 bits per heavy atom. The number of carbonyl (C=O) groups excluding carboxylic acids is 1. The molecule has 0 spiro atoms. The van der Waals surface area contributed by atoms with Gasteiger partial charge in [0.2, 0.25) is 0 Å². The van der Waals surface area contributed by atoms with Gasteiger partial charge in [-0.3, -0.25) is 4.79 Å². The Morgan fingerprint density at radius 1 is 1.10 bits per heavy atom. The van der Waals surface area contributed by atoms with Gasteiger partial charge in [-0.1, -0.05) is 29.3 Å². The van der Waals surface area contributed by atoms with Crippen molar-refractivity contribution in [3.63, 3.8) is 0 Å². The minimum Gasteiger partial charge on any atom is -0.493 e. The van der Waals surface area contributed by atoms with Crippen molar-refractivity contribution in [1.82, 2.24) is 5.43 Å². The van der Waals surface area contributed by atoms with Gasteiger partial charge in [-0.2, -0.15) is 5.10 Å². The quantitative estimate of drug-likeness (QED) is 0.385. The van der Waals surface area contributed by atoms with Crippen LogP contribution in [0.25, 0.3) is 0 Å². The number of nitrogens with zero attached hydrogens (tertiary/aromatic N) is 1. The molecule has 0 aliphatic rings. The van der Waals surface area contributed by atoms with Gasteiger partial charge in [-0.15, -0.1) is 0 Å². The maximum Gasteiger partial charge on any atom is 0.271 e. The van der Waals surface area contributed by atoms with Crippen LogP contribution < -0.4 is 14.9 Å². The van der Waals surface area contributed by atoms with Crippen molar-refractivity contribution < 1.29 is 18.7 Å². The standard InChI is InChI=1S/C22H17Cl2FN2O3/c1-29-21-11-14(12-26-27-22(28)15-6-8-16(23)9-7-15)5-10-20(21)30-13-17-18(24)3-2-4-19(17)25/h2-12H,13H2,1H3,(H,27,28)/b26-12+. The fraction of sp³-hybridized carbons (Fsp3) is 0.0909. The predicted molar refractivity (Wildman–Crippen MR) is 115 cm³/mol. The second-order valence-electron chi connectivity index (χ2n) is 6.11. The van der Waals surface area contributed by atoms with Crippen molar-refractivity contribution in [2.24, 2.45) is 5.10 Å². The van der Waals surface area contributed by atoms with Crippen LogP contribution in [0.4, 0.5) is 4.39 Å². The molecule has 3 aromatic rings. The van der Waals surface area contributed by atoms with Crippen LogP contribution >= 0.6 is 23.2 Å². The molecule has 1 amide bonds. The van der Waals surface area contributed by atoms with E-state index in [-0.39, 0.29) is 23.1 Å². The number of methoxy groups -OCH3 is 1. The largest absolute Gasteiger partial charge is 0.493 e. The topological polar surface area (TPSA) is 59.9 Å². The maximum atomic E-state index is 13.9. The van der Waals surface area contributed by atoms with Crippen molar-refractivity contribution in [3.05, 3.63) is 93.2 Å². The third kappa shape index (κ3) is 5.49. The Kier molecular flexibility index (Phi) is 7.27. The summed E-state index contributed by atoms with van der Waals surface area (Å²) in [6, 6.07) is 16.0. The molecule has 0 fully saturated rings. The zero-order valence-corrected chi connectivity index (χ0v) is 17.4. The highest BCUT2D eigenvalue weighted by molar-refractivity contribution is 6.31. The number of hydrazone groups is 1. The van der Waals surface area contributed by atoms with E-state index in [4.69, 9.17) is 32.7 Å². The first-order valence-electron chi connectivity index (χ1n) is 8.80. The minimum absolute atomic E-state index is 0.0492. The molecular weight excluding hydrogens is 430 g/mol. The molecule has 8 heteroatoms. The summed E-state index contributed by atoms with van der Waals surface area (Å²) < 4.78 is 24.9. The van der Waals surface area contributed by atoms with Gasteiger partial charge in [0.25, 0.3) is 5.91 Å². The monoisotopic (exact) mass is 446 g/mol.